The Morgan fingerprint density at radius 3 is 1.63 bits per heavy atom. The Hall–Kier alpha value is -1.22. The van der Waals surface area contributed by atoms with Crippen LogP contribution in [-0.4, -0.2) is 68.9 Å². The summed E-state index contributed by atoms with van der Waals surface area (Å²) in [5.74, 6) is -0.867. The van der Waals surface area contributed by atoms with Crippen LogP contribution in [0.15, 0.2) is 0 Å². The fraction of sp³-hybridized carbons (Fsp3) is 0.909. The Balaban J connectivity index is 1.88. The summed E-state index contributed by atoms with van der Waals surface area (Å²) in [6.07, 6.45) is 0.270. The molecular formula is C22H40N2O6. The minimum Gasteiger partial charge on any atom is -0.462 e. The van der Waals surface area contributed by atoms with Gasteiger partial charge in [0.2, 0.25) is 0 Å². The van der Waals surface area contributed by atoms with Gasteiger partial charge in [0.05, 0.1) is 12.8 Å². The lowest BCUT2D eigenvalue weighted by Crippen LogP contribution is -2.60. The lowest BCUT2D eigenvalue weighted by Gasteiger charge is -2.50. The molecule has 0 aromatic carbocycles. The van der Waals surface area contributed by atoms with E-state index in [0.29, 0.717) is 25.9 Å². The molecule has 2 rings (SSSR count). The summed E-state index contributed by atoms with van der Waals surface area (Å²) >= 11 is 0. The van der Waals surface area contributed by atoms with Gasteiger partial charge in [0, 0.05) is 47.8 Å². The number of ether oxygens (including phenoxy) is 2. The SMILES string of the molecule is CC1(C)CN(O)CC(C)(C)C1OC(=O)CCC(=O)OC1CC(C)(C)N(O)C(C)(C)C1. The first-order valence-corrected chi connectivity index (χ1v) is 10.8. The van der Waals surface area contributed by atoms with E-state index in [2.05, 4.69) is 0 Å². The Kier molecular flexibility index (Phi) is 6.99. The summed E-state index contributed by atoms with van der Waals surface area (Å²) in [5, 5.41) is 22.9. The number of carbonyl (C=O) groups excluding carboxylic acids is 2. The van der Waals surface area contributed by atoms with E-state index in [9.17, 15) is 20.0 Å². The van der Waals surface area contributed by atoms with Gasteiger partial charge >= 0.3 is 11.9 Å². The maximum atomic E-state index is 12.5. The molecule has 2 fully saturated rings. The van der Waals surface area contributed by atoms with Crippen LogP contribution in [0.1, 0.15) is 81.1 Å². The van der Waals surface area contributed by atoms with Gasteiger partial charge in [-0.15, -0.1) is 0 Å². The van der Waals surface area contributed by atoms with Crippen LogP contribution < -0.4 is 0 Å². The molecule has 174 valence electrons. The zero-order chi connectivity index (χ0) is 23.1. The summed E-state index contributed by atoms with van der Waals surface area (Å²) < 4.78 is 11.4. The highest BCUT2D eigenvalue weighted by atomic mass is 16.6. The summed E-state index contributed by atoms with van der Waals surface area (Å²) in [7, 11) is 0. The van der Waals surface area contributed by atoms with Gasteiger partial charge in [-0.1, -0.05) is 27.7 Å². The lowest BCUT2D eigenvalue weighted by atomic mass is 9.68. The molecule has 0 amide bonds. The van der Waals surface area contributed by atoms with E-state index in [-0.39, 0.29) is 25.0 Å². The van der Waals surface area contributed by atoms with Gasteiger partial charge in [0.25, 0.3) is 0 Å². The van der Waals surface area contributed by atoms with Gasteiger partial charge in [-0.2, -0.15) is 10.1 Å². The van der Waals surface area contributed by atoms with E-state index in [0.717, 1.165) is 0 Å². The number of hydrogen-bond donors (Lipinski definition) is 2. The van der Waals surface area contributed by atoms with Crippen LogP contribution in [0, 0.1) is 10.8 Å². The van der Waals surface area contributed by atoms with E-state index in [4.69, 9.17) is 9.47 Å². The maximum Gasteiger partial charge on any atom is 0.306 e. The molecule has 0 unspecified atom stereocenters. The second-order valence-electron chi connectivity index (χ2n) is 11.6. The molecule has 0 atom stereocenters. The highest BCUT2D eigenvalue weighted by Crippen LogP contribution is 2.42. The molecular weight excluding hydrogens is 388 g/mol. The first-order chi connectivity index (χ1) is 13.5. The minimum absolute atomic E-state index is 0.0429. The molecule has 2 N–H and O–H groups in total. The molecule has 2 aliphatic heterocycles. The third-order valence-electron chi connectivity index (χ3n) is 6.28. The molecule has 2 heterocycles. The van der Waals surface area contributed by atoms with Crippen molar-refractivity contribution >= 4 is 11.9 Å². The Labute approximate surface area is 180 Å². The zero-order valence-corrected chi connectivity index (χ0v) is 19.8. The molecule has 0 aromatic heterocycles. The molecule has 8 heteroatoms. The number of carbonyl (C=O) groups is 2. The minimum atomic E-state index is -0.510. The predicted octanol–water partition coefficient (Wildman–Crippen LogP) is 3.39. The highest BCUT2D eigenvalue weighted by molar-refractivity contribution is 5.77. The van der Waals surface area contributed by atoms with E-state index in [1.54, 1.807) is 0 Å². The zero-order valence-electron chi connectivity index (χ0n) is 19.8. The van der Waals surface area contributed by atoms with Crippen molar-refractivity contribution in [1.29, 1.82) is 0 Å². The summed E-state index contributed by atoms with van der Waals surface area (Å²) in [5.41, 5.74) is -1.85. The first kappa shape index (κ1) is 25.0. The van der Waals surface area contributed by atoms with Crippen LogP contribution in [0.3, 0.4) is 0 Å². The number of hydroxylamine groups is 4. The van der Waals surface area contributed by atoms with Gasteiger partial charge in [0.1, 0.15) is 12.2 Å². The maximum absolute atomic E-state index is 12.5. The van der Waals surface area contributed by atoms with Crippen molar-refractivity contribution in [3.8, 4) is 0 Å². The highest BCUT2D eigenvalue weighted by Gasteiger charge is 2.49. The lowest BCUT2D eigenvalue weighted by molar-refractivity contribution is -0.259. The smallest absolute Gasteiger partial charge is 0.306 e. The van der Waals surface area contributed by atoms with E-state index in [1.165, 1.54) is 10.1 Å². The van der Waals surface area contributed by atoms with E-state index < -0.39 is 33.8 Å². The molecule has 0 bridgehead atoms. The second-order valence-corrected chi connectivity index (χ2v) is 11.6. The van der Waals surface area contributed by atoms with Crippen LogP contribution in [0.25, 0.3) is 0 Å². The molecule has 0 saturated carbocycles. The number of nitrogens with zero attached hydrogens (tertiary/aromatic N) is 2. The third-order valence-corrected chi connectivity index (χ3v) is 6.28. The van der Waals surface area contributed by atoms with Gasteiger partial charge in [0.15, 0.2) is 0 Å². The summed E-state index contributed by atoms with van der Waals surface area (Å²) in [6, 6.07) is 0. The van der Waals surface area contributed by atoms with Crippen molar-refractivity contribution in [2.45, 2.75) is 104 Å². The second kappa shape index (κ2) is 8.37. The van der Waals surface area contributed by atoms with Crippen molar-refractivity contribution in [3.63, 3.8) is 0 Å². The van der Waals surface area contributed by atoms with Crippen LogP contribution in [0.5, 0.6) is 0 Å². The number of hydrogen-bond acceptors (Lipinski definition) is 8. The molecule has 2 aliphatic rings. The summed E-state index contributed by atoms with van der Waals surface area (Å²) in [4.78, 5) is 24.8. The number of piperidine rings is 2. The van der Waals surface area contributed by atoms with Crippen molar-refractivity contribution in [2.24, 2.45) is 10.8 Å². The quantitative estimate of drug-likeness (QED) is 0.643. The largest absolute Gasteiger partial charge is 0.462 e. The molecule has 2 saturated heterocycles. The van der Waals surface area contributed by atoms with Gasteiger partial charge in [-0.25, -0.2) is 0 Å². The molecule has 0 radical (unpaired) electrons. The van der Waals surface area contributed by atoms with Crippen molar-refractivity contribution in [2.75, 3.05) is 13.1 Å². The molecule has 0 spiro atoms. The predicted molar refractivity (Wildman–Crippen MR) is 111 cm³/mol. The Morgan fingerprint density at radius 2 is 1.20 bits per heavy atom. The van der Waals surface area contributed by atoms with Gasteiger partial charge in [-0.05, 0) is 27.7 Å². The monoisotopic (exact) mass is 428 g/mol. The standard InChI is InChI=1S/C22H40N2O6/c1-19(2)13-23(27)14-20(3,4)18(19)30-17(26)10-9-16(25)29-15-11-21(5,6)24(28)22(7,8)12-15/h15,18,27-28H,9-14H2,1-8H3. The van der Waals surface area contributed by atoms with Gasteiger partial charge in [-0.3, -0.25) is 9.59 Å². The normalized spacial score (nSPS) is 26.9. The average molecular weight is 429 g/mol. The van der Waals surface area contributed by atoms with Crippen LogP contribution in [-0.2, 0) is 19.1 Å². The van der Waals surface area contributed by atoms with Gasteiger partial charge < -0.3 is 19.9 Å². The van der Waals surface area contributed by atoms with Crippen molar-refractivity contribution in [1.82, 2.24) is 10.1 Å². The fourth-order valence-corrected chi connectivity index (χ4v) is 5.44. The van der Waals surface area contributed by atoms with E-state index >= 15 is 0 Å². The van der Waals surface area contributed by atoms with Crippen LogP contribution in [0.4, 0.5) is 0 Å². The van der Waals surface area contributed by atoms with Crippen molar-refractivity contribution in [3.05, 3.63) is 0 Å². The molecule has 0 aliphatic carbocycles. The first-order valence-electron chi connectivity index (χ1n) is 10.8. The van der Waals surface area contributed by atoms with Crippen molar-refractivity contribution < 1.29 is 29.5 Å². The Bertz CT molecular complexity index is 622. The topological polar surface area (TPSA) is 99.5 Å². The Morgan fingerprint density at radius 1 is 0.800 bits per heavy atom. The molecule has 0 aromatic rings. The van der Waals surface area contributed by atoms with E-state index in [1.807, 2.05) is 55.4 Å². The molecule has 30 heavy (non-hydrogen) atoms. The summed E-state index contributed by atoms with van der Waals surface area (Å²) in [6.45, 7) is 16.3. The fourth-order valence-electron chi connectivity index (χ4n) is 5.44. The number of rotatable bonds is 5. The van der Waals surface area contributed by atoms with Crippen LogP contribution >= 0.6 is 0 Å². The third kappa shape index (κ3) is 5.72. The van der Waals surface area contributed by atoms with Crippen LogP contribution in [0.2, 0.25) is 0 Å². The number of esters is 2. The molecule has 8 nitrogen and oxygen atoms in total. The average Bonchev–Trinajstić information content (AvgIpc) is 2.52.